The molecule has 0 aliphatic carbocycles. The van der Waals surface area contributed by atoms with Crippen LogP contribution < -0.4 is 42.0 Å². The first-order valence-electron chi connectivity index (χ1n) is 36.4. The molecule has 652 valence electrons. The highest BCUT2D eigenvalue weighted by molar-refractivity contribution is 8.01. The minimum atomic E-state index is -0.755. The number of methoxy groups -OCH3 is 1. The SMILES string of the molecule is C.C.C.C.C.CN(Cc1ccc2c(n1)NC(=O)CS2)C(=O)C1CN(C(=O)OC(C)(C)C)CCO1.CN(Cc1ccc2c(n1)NC(=O)CS2)C(=O)C1CNCCO1.CNCc1ccc2c(n1)NC(=O)CS2.COc1ccc2nccc(CCN3CCOC(C(=O)N(C)Cc4ccc5c(n4)NC(=O)CS5)C3)c2n1.Cl.O=Cc1ccc2c(n1)NC(=O)CS2. The van der Waals surface area contributed by atoms with Gasteiger partial charge in [-0.1, -0.05) is 37.1 Å². The molecule has 0 aromatic carbocycles. The lowest BCUT2D eigenvalue weighted by molar-refractivity contribution is -0.149. The molecule has 8 aliphatic heterocycles. The number of nitrogens with one attached hydrogen (secondary N) is 7. The molecule has 15 rings (SSSR count). The van der Waals surface area contributed by atoms with E-state index in [9.17, 15) is 47.9 Å². The van der Waals surface area contributed by atoms with Crippen molar-refractivity contribution >= 4 is 171 Å². The van der Waals surface area contributed by atoms with Gasteiger partial charge >= 0.3 is 6.09 Å². The molecule has 40 heteroatoms. The molecule has 0 saturated carbocycles. The molecule has 3 unspecified atom stereocenters. The van der Waals surface area contributed by atoms with Crippen LogP contribution in [-0.2, 0) is 89.9 Å². The fraction of sp³-hybridized carbons (Fsp3) is 0.463. The summed E-state index contributed by atoms with van der Waals surface area (Å²) in [5.41, 5.74) is 5.54. The summed E-state index contributed by atoms with van der Waals surface area (Å²) in [5.74, 6) is 4.85. The molecule has 34 nitrogen and oxygen atoms in total. The van der Waals surface area contributed by atoms with Gasteiger partial charge in [-0.15, -0.1) is 71.2 Å². The molecule has 0 spiro atoms. The summed E-state index contributed by atoms with van der Waals surface area (Å²) in [6, 6.07) is 24.5. The van der Waals surface area contributed by atoms with Crippen LogP contribution in [0.25, 0.3) is 11.0 Å². The van der Waals surface area contributed by atoms with Crippen LogP contribution in [0.15, 0.2) is 110 Å². The van der Waals surface area contributed by atoms with E-state index < -0.39 is 30.0 Å². The van der Waals surface area contributed by atoms with E-state index in [0.29, 0.717) is 140 Å². The van der Waals surface area contributed by atoms with Crippen molar-refractivity contribution in [2.45, 2.75) is 139 Å². The van der Waals surface area contributed by atoms with Crippen molar-refractivity contribution in [3.8, 4) is 5.88 Å². The van der Waals surface area contributed by atoms with Crippen LogP contribution in [0.3, 0.4) is 0 Å². The van der Waals surface area contributed by atoms with E-state index in [2.05, 4.69) is 77.0 Å². The van der Waals surface area contributed by atoms with Gasteiger partial charge in [-0.2, -0.15) is 0 Å². The Hall–Kier alpha value is -9.39. The number of aromatic nitrogens is 7. The van der Waals surface area contributed by atoms with Crippen LogP contribution in [0.4, 0.5) is 33.9 Å². The topological polar surface area (TPSA) is 407 Å². The average Bonchev–Trinajstić information content (AvgIpc) is 0.821. The number of carbonyl (C=O) groups is 10. The van der Waals surface area contributed by atoms with Crippen molar-refractivity contribution in [1.82, 2.24) is 70.0 Å². The summed E-state index contributed by atoms with van der Waals surface area (Å²) in [4.78, 5) is 162. The van der Waals surface area contributed by atoms with Gasteiger partial charge in [-0.05, 0) is 113 Å². The molecule has 9 amide bonds. The first-order chi connectivity index (χ1) is 54.8. The molecule has 0 bridgehead atoms. The highest BCUT2D eigenvalue weighted by atomic mass is 35.5. The zero-order chi connectivity index (χ0) is 81.0. The van der Waals surface area contributed by atoms with Gasteiger partial charge in [0.2, 0.25) is 35.4 Å². The molecule has 8 aliphatic rings. The smallest absolute Gasteiger partial charge is 0.410 e. The average molecular weight is 1770 g/mol. The number of hydrogen-bond donors (Lipinski definition) is 7. The van der Waals surface area contributed by atoms with Crippen molar-refractivity contribution in [1.29, 1.82) is 0 Å². The third-order valence-electron chi connectivity index (χ3n) is 17.6. The van der Waals surface area contributed by atoms with Gasteiger partial charge in [0, 0.05) is 79.2 Å². The van der Waals surface area contributed by atoms with Crippen molar-refractivity contribution in [2.75, 3.05) is 156 Å². The highest BCUT2D eigenvalue weighted by Gasteiger charge is 2.35. The number of morpholine rings is 3. The van der Waals surface area contributed by atoms with E-state index >= 15 is 0 Å². The Bertz CT molecular complexity index is 4730. The number of ether oxygens (including phenoxy) is 5. The second-order valence-electron chi connectivity index (χ2n) is 27.5. The Morgan fingerprint density at radius 3 is 1.39 bits per heavy atom. The highest BCUT2D eigenvalue weighted by Crippen LogP contribution is 2.35. The second kappa shape index (κ2) is 48.3. The molecule has 3 saturated heterocycles. The van der Waals surface area contributed by atoms with Crippen LogP contribution in [-0.4, -0.2) is 273 Å². The van der Waals surface area contributed by atoms with Gasteiger partial charge in [0.05, 0.1) is 140 Å². The predicted molar refractivity (Wildman–Crippen MR) is 473 cm³/mol. The third kappa shape index (κ3) is 28.9. The van der Waals surface area contributed by atoms with Crippen molar-refractivity contribution in [2.24, 2.45) is 0 Å². The fourth-order valence-corrected chi connectivity index (χ4v) is 15.8. The normalized spacial score (nSPS) is 17.2. The standard InChI is InChI=1S/C25H28N6O4S.C19H26N4O5S.C14H18N4O3S.C9H11N3OS.C8H6N2O2S.5CH4.ClH/c1-30(13-17-3-5-20-24(27-17)28-21(32)15-36-20)25(33)19-14-31(11-12-35-19)10-8-16-7-9-26-18-4-6-22(34-2)29-23(16)18;1-19(2,3)28-18(26)23-7-8-27-13(10-23)17(25)22(4)9-12-5-6-14-16(20-12)21-15(24)11-29-14;1-18(14(20)10-6-15-4-5-21-10)7-9-2-3-11-13(16-9)17-12(19)8-22-11;1-10-4-6-2-3-7-9(11-6)12-8(13)5-14-7;11-3-5-1-2-6-8(9-5)10-7(12)4-13-6;;;;;;/h3-7,9,19H,8,10-15H2,1-2H3,(H,27,28,32);5-6,13H,7-11H2,1-4H3,(H,20,21,24);2-3,10,15H,4-8H2,1H3,(H,16,17,19);2-3,10H,4-5H2,1H3,(H,11,12,13);1-3H,4H2,(H,9,10,12);5*1H4;1H. The van der Waals surface area contributed by atoms with Gasteiger partial charge in [-0.25, -0.2) is 34.7 Å². The summed E-state index contributed by atoms with van der Waals surface area (Å²) in [6.45, 7) is 12.3. The number of anilines is 5. The second-order valence-corrected chi connectivity index (χ2v) is 32.6. The number of aldehydes is 1. The minimum absolute atomic E-state index is 0. The van der Waals surface area contributed by atoms with E-state index in [4.69, 9.17) is 23.7 Å². The Morgan fingerprint density at radius 2 is 0.958 bits per heavy atom. The van der Waals surface area contributed by atoms with Gasteiger partial charge in [0.15, 0.2) is 12.4 Å². The summed E-state index contributed by atoms with van der Waals surface area (Å²) in [6.07, 6.45) is 1.05. The minimum Gasteiger partial charge on any atom is -0.481 e. The zero-order valence-corrected chi connectivity index (χ0v) is 69.4. The number of likely N-dealkylation sites (N-methyl/N-ethyl adjacent to an activating group) is 3. The summed E-state index contributed by atoms with van der Waals surface area (Å²) < 4.78 is 27.6. The lowest BCUT2D eigenvalue weighted by Gasteiger charge is -2.35. The van der Waals surface area contributed by atoms with Crippen LogP contribution in [0, 0.1) is 0 Å². The number of thioether (sulfide) groups is 5. The molecular formula is C80H110ClN19O15S5. The van der Waals surface area contributed by atoms with Gasteiger partial charge < -0.3 is 80.5 Å². The van der Waals surface area contributed by atoms with Crippen LogP contribution in [0.2, 0.25) is 0 Å². The van der Waals surface area contributed by atoms with Crippen LogP contribution in [0.5, 0.6) is 5.88 Å². The molecule has 120 heavy (non-hydrogen) atoms. The Labute approximate surface area is 728 Å². The van der Waals surface area contributed by atoms with Crippen molar-refractivity contribution in [3.05, 3.63) is 119 Å². The van der Waals surface area contributed by atoms with E-state index in [1.807, 2.05) is 73.8 Å². The van der Waals surface area contributed by atoms with Gasteiger partial charge in [0.1, 0.15) is 52.6 Å². The summed E-state index contributed by atoms with van der Waals surface area (Å²) in [5, 5.41) is 19.8. The largest absolute Gasteiger partial charge is 0.481 e. The lowest BCUT2D eigenvalue weighted by atomic mass is 10.1. The molecular weight excluding hydrogens is 1660 g/mol. The van der Waals surface area contributed by atoms with E-state index in [1.54, 1.807) is 77.2 Å². The number of halogens is 1. The van der Waals surface area contributed by atoms with E-state index in [1.165, 1.54) is 68.6 Å². The third-order valence-corrected chi connectivity index (χ3v) is 22.8. The van der Waals surface area contributed by atoms with E-state index in [-0.39, 0.29) is 116 Å². The molecule has 15 heterocycles. The first kappa shape index (κ1) is 101. The number of hydrogen-bond acceptors (Lipinski definition) is 30. The lowest BCUT2D eigenvalue weighted by Crippen LogP contribution is -2.52. The molecule has 0 radical (unpaired) electrons. The van der Waals surface area contributed by atoms with Gasteiger partial charge in [-0.3, -0.25) is 53.0 Å². The maximum absolute atomic E-state index is 13.1. The van der Waals surface area contributed by atoms with Crippen LogP contribution >= 0.6 is 71.2 Å². The number of amides is 9. The van der Waals surface area contributed by atoms with Crippen molar-refractivity contribution in [3.63, 3.8) is 0 Å². The molecule has 3 fully saturated rings. The van der Waals surface area contributed by atoms with E-state index in [0.717, 1.165) is 78.5 Å². The Balaban J connectivity index is 0.000000276. The summed E-state index contributed by atoms with van der Waals surface area (Å²) >= 11 is 7.32. The van der Waals surface area contributed by atoms with Crippen molar-refractivity contribution < 1.29 is 71.6 Å². The maximum Gasteiger partial charge on any atom is 0.410 e. The fourth-order valence-electron chi connectivity index (χ4n) is 12.0. The quantitative estimate of drug-likeness (QED) is 0.0443. The number of carbonyl (C=O) groups excluding carboxylic acids is 10. The Morgan fingerprint density at radius 1 is 0.542 bits per heavy atom. The predicted octanol–water partition coefficient (Wildman–Crippen LogP) is 9.16. The first-order valence-corrected chi connectivity index (χ1v) is 41.3. The number of fused-ring (bicyclic) bond motifs is 6. The monoisotopic (exact) mass is 1770 g/mol. The zero-order valence-electron chi connectivity index (χ0n) is 64.5. The summed E-state index contributed by atoms with van der Waals surface area (Å²) in [7, 11) is 8.61. The molecule has 3 atom stereocenters. The number of nitrogens with zero attached hydrogens (tertiary/aromatic N) is 12. The molecule has 7 aromatic rings. The molecule has 7 N–H and O–H groups in total. The Kier molecular flexibility index (Phi) is 40.7. The maximum atomic E-state index is 13.1. The number of pyridine rings is 7. The number of rotatable bonds is 16. The molecule has 7 aromatic heterocycles. The van der Waals surface area contributed by atoms with Crippen LogP contribution in [0.1, 0.15) is 96.7 Å². The van der Waals surface area contributed by atoms with Gasteiger partial charge in [0.25, 0.3) is 17.7 Å².